The normalized spacial score (nSPS) is 25.2. The molecule has 0 spiro atoms. The van der Waals surface area contributed by atoms with E-state index >= 15 is 0 Å². The lowest BCUT2D eigenvalue weighted by molar-refractivity contribution is 0.129. The van der Waals surface area contributed by atoms with Crippen molar-refractivity contribution >= 4 is 10.0 Å². The summed E-state index contributed by atoms with van der Waals surface area (Å²) in [7, 11) is -3.07. The number of sulfonamides is 1. The molecule has 0 amide bonds. The first kappa shape index (κ1) is 12.9. The second-order valence-electron chi connectivity index (χ2n) is 5.17. The number of hydrogen-bond acceptors (Lipinski definition) is 4. The third-order valence-electron chi connectivity index (χ3n) is 3.60. The van der Waals surface area contributed by atoms with Gasteiger partial charge in [-0.25, -0.2) is 8.42 Å². The van der Waals surface area contributed by atoms with Gasteiger partial charge in [-0.2, -0.15) is 4.31 Å². The van der Waals surface area contributed by atoms with Gasteiger partial charge in [-0.15, -0.1) is 0 Å². The Morgan fingerprint density at radius 2 is 1.95 bits per heavy atom. The summed E-state index contributed by atoms with van der Waals surface area (Å²) in [5.41, 5.74) is 0. The van der Waals surface area contributed by atoms with Crippen LogP contribution in [-0.2, 0) is 10.0 Å². The molecule has 1 saturated heterocycles. The molecule has 6 heteroatoms. The van der Waals surface area contributed by atoms with Gasteiger partial charge in [0, 0.05) is 18.9 Å². The molecule has 1 aromatic heterocycles. The summed E-state index contributed by atoms with van der Waals surface area (Å²) in [6.45, 7) is 1.11. The van der Waals surface area contributed by atoms with E-state index in [2.05, 4.69) is 4.98 Å². The summed E-state index contributed by atoms with van der Waals surface area (Å²) in [6.07, 6.45) is 6.70. The minimum atomic E-state index is -3.07. The average molecular weight is 282 g/mol. The first-order chi connectivity index (χ1) is 9.16. The molecule has 3 rings (SSSR count). The quantitative estimate of drug-likeness (QED) is 0.838. The monoisotopic (exact) mass is 282 g/mol. The van der Waals surface area contributed by atoms with Crippen molar-refractivity contribution in [3.05, 3.63) is 24.5 Å². The smallest absolute Gasteiger partial charge is 0.217 e. The Kier molecular flexibility index (Phi) is 3.45. The Balaban J connectivity index is 1.65. The summed E-state index contributed by atoms with van der Waals surface area (Å²) in [5.74, 6) is 0.755. The SMILES string of the molecule is O=S(=O)(C1CC1)N1CCCC(Oc2ccncc2)C1. The molecule has 1 unspecified atom stereocenters. The molecule has 2 fully saturated rings. The summed E-state index contributed by atoms with van der Waals surface area (Å²) in [6, 6.07) is 3.60. The van der Waals surface area contributed by atoms with Crippen molar-refractivity contribution in [3.63, 3.8) is 0 Å². The first-order valence-corrected chi connectivity index (χ1v) is 8.22. The summed E-state index contributed by atoms with van der Waals surface area (Å²) < 4.78 is 31.9. The highest BCUT2D eigenvalue weighted by Crippen LogP contribution is 2.32. The van der Waals surface area contributed by atoms with E-state index in [1.54, 1.807) is 28.8 Å². The molecule has 2 aliphatic rings. The largest absolute Gasteiger partial charge is 0.489 e. The molecule has 0 aromatic carbocycles. The minimum Gasteiger partial charge on any atom is -0.489 e. The number of pyridine rings is 1. The standard InChI is InChI=1S/C13H18N2O3S/c16-19(17,13-3-4-13)15-9-1-2-12(10-15)18-11-5-7-14-8-6-11/h5-8,12-13H,1-4,9-10H2. The van der Waals surface area contributed by atoms with Crippen molar-refractivity contribution < 1.29 is 13.2 Å². The van der Waals surface area contributed by atoms with Gasteiger partial charge in [0.15, 0.2) is 0 Å². The number of hydrogen-bond donors (Lipinski definition) is 0. The van der Waals surface area contributed by atoms with Crippen LogP contribution in [0.1, 0.15) is 25.7 Å². The van der Waals surface area contributed by atoms with Crippen molar-refractivity contribution in [3.8, 4) is 5.75 Å². The number of rotatable bonds is 4. The van der Waals surface area contributed by atoms with Crippen LogP contribution in [0, 0.1) is 0 Å². The van der Waals surface area contributed by atoms with Crippen LogP contribution in [0.15, 0.2) is 24.5 Å². The van der Waals surface area contributed by atoms with Crippen molar-refractivity contribution in [2.45, 2.75) is 37.0 Å². The third-order valence-corrected chi connectivity index (χ3v) is 5.96. The second kappa shape index (κ2) is 5.09. The minimum absolute atomic E-state index is 0.0512. The molecule has 1 aliphatic heterocycles. The van der Waals surface area contributed by atoms with E-state index in [1.807, 2.05) is 0 Å². The van der Waals surface area contributed by atoms with Crippen LogP contribution in [0.25, 0.3) is 0 Å². The van der Waals surface area contributed by atoms with Gasteiger partial charge in [0.1, 0.15) is 11.9 Å². The van der Waals surface area contributed by atoms with Gasteiger partial charge in [-0.3, -0.25) is 4.98 Å². The summed E-state index contributed by atoms with van der Waals surface area (Å²) in [4.78, 5) is 3.94. The maximum absolute atomic E-state index is 12.2. The fraction of sp³-hybridized carbons (Fsp3) is 0.615. The lowest BCUT2D eigenvalue weighted by atomic mass is 10.1. The van der Waals surface area contributed by atoms with Crippen LogP contribution in [0.5, 0.6) is 5.75 Å². The van der Waals surface area contributed by atoms with Gasteiger partial charge < -0.3 is 4.74 Å². The predicted octanol–water partition coefficient (Wildman–Crippen LogP) is 1.42. The topological polar surface area (TPSA) is 59.5 Å². The highest BCUT2D eigenvalue weighted by molar-refractivity contribution is 7.90. The molecule has 19 heavy (non-hydrogen) atoms. The average Bonchev–Trinajstić information content (AvgIpc) is 3.25. The van der Waals surface area contributed by atoms with Crippen LogP contribution in [0.4, 0.5) is 0 Å². The van der Waals surface area contributed by atoms with Gasteiger partial charge in [0.2, 0.25) is 10.0 Å². The number of ether oxygens (including phenoxy) is 1. The molecule has 104 valence electrons. The summed E-state index contributed by atoms with van der Waals surface area (Å²) in [5, 5.41) is -0.132. The van der Waals surface area contributed by atoms with Gasteiger partial charge in [-0.1, -0.05) is 0 Å². The molecule has 1 aromatic rings. The highest BCUT2D eigenvalue weighted by atomic mass is 32.2. The van der Waals surface area contributed by atoms with Gasteiger partial charge in [0.05, 0.1) is 11.8 Å². The Morgan fingerprint density at radius 1 is 1.21 bits per heavy atom. The maximum atomic E-state index is 12.2. The van der Waals surface area contributed by atoms with Crippen molar-refractivity contribution in [2.24, 2.45) is 0 Å². The molecule has 1 saturated carbocycles. The maximum Gasteiger partial charge on any atom is 0.217 e. The van der Waals surface area contributed by atoms with Crippen LogP contribution in [0.2, 0.25) is 0 Å². The fourth-order valence-electron chi connectivity index (χ4n) is 2.42. The number of piperidine rings is 1. The molecule has 2 heterocycles. The Labute approximate surface area is 113 Å². The lowest BCUT2D eigenvalue weighted by Gasteiger charge is -2.32. The molecule has 1 aliphatic carbocycles. The van der Waals surface area contributed by atoms with Crippen LogP contribution < -0.4 is 4.74 Å². The molecule has 1 atom stereocenters. The van der Waals surface area contributed by atoms with Crippen molar-refractivity contribution in [1.82, 2.24) is 9.29 Å². The molecular weight excluding hydrogens is 264 g/mol. The Bertz CT molecular complexity index is 528. The predicted molar refractivity (Wildman–Crippen MR) is 71.4 cm³/mol. The van der Waals surface area contributed by atoms with E-state index in [9.17, 15) is 8.42 Å². The zero-order valence-electron chi connectivity index (χ0n) is 10.7. The lowest BCUT2D eigenvalue weighted by Crippen LogP contribution is -2.45. The molecule has 0 N–H and O–H groups in total. The third kappa shape index (κ3) is 2.90. The van der Waals surface area contributed by atoms with Crippen LogP contribution in [0.3, 0.4) is 0 Å². The van der Waals surface area contributed by atoms with Gasteiger partial charge in [-0.05, 0) is 37.8 Å². The van der Waals surface area contributed by atoms with Crippen LogP contribution >= 0.6 is 0 Å². The Hall–Kier alpha value is -1.14. The van der Waals surface area contributed by atoms with E-state index in [0.29, 0.717) is 13.1 Å². The van der Waals surface area contributed by atoms with Crippen molar-refractivity contribution in [1.29, 1.82) is 0 Å². The van der Waals surface area contributed by atoms with Crippen LogP contribution in [-0.4, -0.2) is 42.2 Å². The first-order valence-electron chi connectivity index (χ1n) is 6.72. The van der Waals surface area contributed by atoms with E-state index in [-0.39, 0.29) is 11.4 Å². The van der Waals surface area contributed by atoms with Crippen molar-refractivity contribution in [2.75, 3.05) is 13.1 Å². The van der Waals surface area contributed by atoms with E-state index in [0.717, 1.165) is 31.4 Å². The summed E-state index contributed by atoms with van der Waals surface area (Å²) >= 11 is 0. The fourth-order valence-corrected chi connectivity index (χ4v) is 4.33. The number of aromatic nitrogens is 1. The molecular formula is C13H18N2O3S. The van der Waals surface area contributed by atoms with E-state index in [1.165, 1.54) is 0 Å². The zero-order valence-corrected chi connectivity index (χ0v) is 11.6. The molecule has 5 nitrogen and oxygen atoms in total. The molecule has 0 bridgehead atoms. The van der Waals surface area contributed by atoms with Gasteiger partial charge in [0.25, 0.3) is 0 Å². The van der Waals surface area contributed by atoms with E-state index in [4.69, 9.17) is 4.74 Å². The molecule has 0 radical (unpaired) electrons. The Morgan fingerprint density at radius 3 is 2.63 bits per heavy atom. The highest BCUT2D eigenvalue weighted by Gasteiger charge is 2.41. The number of nitrogens with zero attached hydrogens (tertiary/aromatic N) is 2. The van der Waals surface area contributed by atoms with Gasteiger partial charge >= 0.3 is 0 Å². The van der Waals surface area contributed by atoms with E-state index < -0.39 is 10.0 Å². The zero-order chi connectivity index (χ0) is 13.3. The second-order valence-corrected chi connectivity index (χ2v) is 7.38.